The largest absolute Gasteiger partial charge is 0.366 e. The SMILES string of the molecule is CC(=O)c1ccc(N2CCN(C(=O)C(C)NC(=O)c3cccs3)CC2)c(F)c1. The lowest BCUT2D eigenvalue weighted by atomic mass is 10.1. The molecule has 0 bridgehead atoms. The zero-order valence-electron chi connectivity index (χ0n) is 15.8. The Kier molecular flexibility index (Phi) is 6.08. The Hall–Kier alpha value is -2.74. The molecule has 6 nitrogen and oxygen atoms in total. The highest BCUT2D eigenvalue weighted by atomic mass is 32.1. The second-order valence-electron chi connectivity index (χ2n) is 6.71. The maximum atomic E-state index is 14.3. The number of hydrogen-bond acceptors (Lipinski definition) is 5. The summed E-state index contributed by atoms with van der Waals surface area (Å²) >= 11 is 1.32. The van der Waals surface area contributed by atoms with Gasteiger partial charge >= 0.3 is 0 Å². The average molecular weight is 403 g/mol. The molecule has 3 rings (SSSR count). The number of hydrogen-bond donors (Lipinski definition) is 1. The van der Waals surface area contributed by atoms with Gasteiger partial charge in [-0.05, 0) is 43.5 Å². The Morgan fingerprint density at radius 3 is 2.43 bits per heavy atom. The van der Waals surface area contributed by atoms with E-state index >= 15 is 0 Å². The number of halogens is 1. The normalized spacial score (nSPS) is 15.2. The van der Waals surface area contributed by atoms with Gasteiger partial charge in [-0.3, -0.25) is 14.4 Å². The lowest BCUT2D eigenvalue weighted by Crippen LogP contribution is -2.54. The Labute approximate surface area is 166 Å². The van der Waals surface area contributed by atoms with Gasteiger partial charge in [0.25, 0.3) is 5.91 Å². The number of carbonyl (C=O) groups excluding carboxylic acids is 3. The summed E-state index contributed by atoms with van der Waals surface area (Å²) in [6.07, 6.45) is 0. The standard InChI is InChI=1S/C20H22FN3O3S/c1-13(22-19(26)18-4-3-11-28-18)20(27)24-9-7-23(8-10-24)17-6-5-15(14(2)25)12-16(17)21/h3-6,11-13H,7-10H2,1-2H3,(H,22,26). The molecule has 148 valence electrons. The predicted molar refractivity (Wildman–Crippen MR) is 106 cm³/mol. The number of amides is 2. The van der Waals surface area contributed by atoms with Gasteiger partial charge in [0, 0.05) is 31.7 Å². The predicted octanol–water partition coefficient (Wildman–Crippen LogP) is 2.56. The van der Waals surface area contributed by atoms with E-state index in [2.05, 4.69) is 5.32 Å². The molecule has 1 unspecified atom stereocenters. The van der Waals surface area contributed by atoms with E-state index in [1.165, 1.54) is 24.3 Å². The lowest BCUT2D eigenvalue weighted by molar-refractivity contribution is -0.133. The molecule has 28 heavy (non-hydrogen) atoms. The Morgan fingerprint density at radius 2 is 1.86 bits per heavy atom. The van der Waals surface area contributed by atoms with Crippen molar-refractivity contribution >= 4 is 34.6 Å². The van der Waals surface area contributed by atoms with Crippen molar-refractivity contribution in [3.05, 3.63) is 52.0 Å². The maximum Gasteiger partial charge on any atom is 0.261 e. The minimum atomic E-state index is -0.632. The quantitative estimate of drug-likeness (QED) is 0.779. The third kappa shape index (κ3) is 4.39. The molecule has 2 amide bonds. The van der Waals surface area contributed by atoms with Crippen LogP contribution in [0.4, 0.5) is 10.1 Å². The molecule has 1 aromatic carbocycles. The van der Waals surface area contributed by atoms with E-state index in [-0.39, 0.29) is 17.6 Å². The van der Waals surface area contributed by atoms with Crippen molar-refractivity contribution < 1.29 is 18.8 Å². The van der Waals surface area contributed by atoms with Crippen molar-refractivity contribution in [2.75, 3.05) is 31.1 Å². The van der Waals surface area contributed by atoms with Crippen molar-refractivity contribution in [3.8, 4) is 0 Å². The molecule has 0 radical (unpaired) electrons. The van der Waals surface area contributed by atoms with E-state index in [1.807, 2.05) is 10.3 Å². The van der Waals surface area contributed by atoms with Crippen LogP contribution in [0.1, 0.15) is 33.9 Å². The molecule has 1 aliphatic heterocycles. The zero-order valence-corrected chi connectivity index (χ0v) is 16.6. The summed E-state index contributed by atoms with van der Waals surface area (Å²) in [5.74, 6) is -1.04. The second-order valence-corrected chi connectivity index (χ2v) is 7.65. The summed E-state index contributed by atoms with van der Waals surface area (Å²) in [6.45, 7) is 4.90. The molecule has 1 aromatic heterocycles. The summed E-state index contributed by atoms with van der Waals surface area (Å²) in [5.41, 5.74) is 0.765. The summed E-state index contributed by atoms with van der Waals surface area (Å²) < 4.78 is 14.3. The Morgan fingerprint density at radius 1 is 1.14 bits per heavy atom. The molecule has 1 fully saturated rings. The minimum absolute atomic E-state index is 0.156. The first-order valence-corrected chi connectivity index (χ1v) is 9.93. The number of piperazine rings is 1. The summed E-state index contributed by atoms with van der Waals surface area (Å²) in [6, 6.07) is 7.33. The summed E-state index contributed by atoms with van der Waals surface area (Å²) in [4.78, 5) is 40.2. The van der Waals surface area contributed by atoms with Crippen LogP contribution in [0.3, 0.4) is 0 Å². The monoisotopic (exact) mass is 403 g/mol. The fraction of sp³-hybridized carbons (Fsp3) is 0.350. The number of ketones is 1. The molecule has 1 saturated heterocycles. The summed E-state index contributed by atoms with van der Waals surface area (Å²) in [7, 11) is 0. The molecule has 2 heterocycles. The second kappa shape index (κ2) is 8.52. The van der Waals surface area contributed by atoms with Gasteiger partial charge in [-0.25, -0.2) is 4.39 Å². The van der Waals surface area contributed by atoms with Crippen LogP contribution in [0.5, 0.6) is 0 Å². The number of rotatable bonds is 5. The van der Waals surface area contributed by atoms with Crippen molar-refractivity contribution in [2.45, 2.75) is 19.9 Å². The van der Waals surface area contributed by atoms with Crippen LogP contribution in [0.25, 0.3) is 0 Å². The molecule has 1 aliphatic rings. The summed E-state index contributed by atoms with van der Waals surface area (Å²) in [5, 5.41) is 4.53. The fourth-order valence-corrected chi connectivity index (χ4v) is 3.79. The number of thiophene rings is 1. The molecular weight excluding hydrogens is 381 g/mol. The van der Waals surface area contributed by atoms with Crippen LogP contribution >= 0.6 is 11.3 Å². The number of anilines is 1. The first-order valence-electron chi connectivity index (χ1n) is 9.05. The van der Waals surface area contributed by atoms with E-state index in [4.69, 9.17) is 0 Å². The van der Waals surface area contributed by atoms with Crippen LogP contribution in [0.15, 0.2) is 35.7 Å². The highest BCUT2D eigenvalue weighted by Crippen LogP contribution is 2.22. The van der Waals surface area contributed by atoms with Crippen molar-refractivity contribution in [3.63, 3.8) is 0 Å². The molecule has 1 N–H and O–H groups in total. The van der Waals surface area contributed by atoms with Crippen molar-refractivity contribution in [2.24, 2.45) is 0 Å². The highest BCUT2D eigenvalue weighted by molar-refractivity contribution is 7.12. The zero-order chi connectivity index (χ0) is 20.3. The first-order chi connectivity index (χ1) is 13.4. The van der Waals surface area contributed by atoms with Crippen LogP contribution < -0.4 is 10.2 Å². The third-order valence-corrected chi connectivity index (χ3v) is 5.62. The first kappa shape index (κ1) is 20.0. The Balaban J connectivity index is 1.56. The molecule has 0 spiro atoms. The van der Waals surface area contributed by atoms with E-state index < -0.39 is 11.9 Å². The molecule has 8 heteroatoms. The Bertz CT molecular complexity index is 877. The van der Waals surface area contributed by atoms with Gasteiger partial charge in [0.2, 0.25) is 5.91 Å². The van der Waals surface area contributed by atoms with Crippen molar-refractivity contribution in [1.29, 1.82) is 0 Å². The number of benzene rings is 1. The van der Waals surface area contributed by atoms with E-state index in [0.29, 0.717) is 42.3 Å². The third-order valence-electron chi connectivity index (χ3n) is 4.75. The van der Waals surface area contributed by atoms with Gasteiger partial charge in [0.05, 0.1) is 10.6 Å². The number of nitrogens with zero attached hydrogens (tertiary/aromatic N) is 2. The van der Waals surface area contributed by atoms with Crippen molar-refractivity contribution in [1.82, 2.24) is 10.2 Å². The number of carbonyl (C=O) groups is 3. The molecule has 2 aromatic rings. The van der Waals surface area contributed by atoms with Crippen LogP contribution in [0.2, 0.25) is 0 Å². The van der Waals surface area contributed by atoms with Gasteiger partial charge < -0.3 is 15.1 Å². The maximum absolute atomic E-state index is 14.3. The van der Waals surface area contributed by atoms with Gasteiger partial charge in [0.15, 0.2) is 5.78 Å². The highest BCUT2D eigenvalue weighted by Gasteiger charge is 2.27. The number of nitrogens with one attached hydrogen (secondary N) is 1. The van der Waals surface area contributed by atoms with E-state index in [0.717, 1.165) is 0 Å². The van der Waals surface area contributed by atoms with Gasteiger partial charge in [0.1, 0.15) is 11.9 Å². The lowest BCUT2D eigenvalue weighted by Gasteiger charge is -2.37. The fourth-order valence-electron chi connectivity index (χ4n) is 3.16. The van der Waals surface area contributed by atoms with Crippen LogP contribution in [-0.2, 0) is 4.79 Å². The average Bonchev–Trinajstić information content (AvgIpc) is 3.22. The molecule has 0 saturated carbocycles. The molecular formula is C20H22FN3O3S. The van der Waals surface area contributed by atoms with Crippen LogP contribution in [0, 0.1) is 5.82 Å². The number of Topliss-reactive ketones (excluding diaryl/α,β-unsaturated/α-hetero) is 1. The van der Waals surface area contributed by atoms with Gasteiger partial charge in [-0.15, -0.1) is 11.3 Å². The van der Waals surface area contributed by atoms with Gasteiger partial charge in [-0.2, -0.15) is 0 Å². The van der Waals surface area contributed by atoms with Crippen LogP contribution in [-0.4, -0.2) is 54.7 Å². The van der Waals surface area contributed by atoms with E-state index in [1.54, 1.807) is 36.1 Å². The molecule has 0 aliphatic carbocycles. The topological polar surface area (TPSA) is 69.7 Å². The smallest absolute Gasteiger partial charge is 0.261 e. The van der Waals surface area contributed by atoms with E-state index in [9.17, 15) is 18.8 Å². The molecule has 1 atom stereocenters. The van der Waals surface area contributed by atoms with Gasteiger partial charge in [-0.1, -0.05) is 6.07 Å². The minimum Gasteiger partial charge on any atom is -0.366 e.